The van der Waals surface area contributed by atoms with Gasteiger partial charge in [0.2, 0.25) is 0 Å². The Morgan fingerprint density at radius 3 is 2.92 bits per heavy atom. The Morgan fingerprint density at radius 2 is 2.46 bits per heavy atom. The van der Waals surface area contributed by atoms with Crippen molar-refractivity contribution in [2.45, 2.75) is 18.5 Å². The van der Waals surface area contributed by atoms with Crippen LogP contribution in [-0.4, -0.2) is 38.2 Å². The van der Waals surface area contributed by atoms with E-state index in [-0.39, 0.29) is 23.8 Å². The van der Waals surface area contributed by atoms with Crippen molar-refractivity contribution in [1.82, 2.24) is 25.5 Å². The number of tetrazole rings is 1. The highest BCUT2D eigenvalue weighted by Crippen LogP contribution is 2.17. The van der Waals surface area contributed by atoms with Gasteiger partial charge in [0.1, 0.15) is 0 Å². The molecule has 0 saturated heterocycles. The molecule has 2 atom stereocenters. The van der Waals surface area contributed by atoms with Gasteiger partial charge in [0, 0.05) is 12.1 Å². The van der Waals surface area contributed by atoms with Gasteiger partial charge in [0.25, 0.3) is 11.7 Å². The first-order valence-corrected chi connectivity index (χ1v) is 3.97. The maximum atomic E-state index is 11.3. The molecule has 1 aromatic heterocycles. The molecule has 0 spiro atoms. The van der Waals surface area contributed by atoms with Crippen LogP contribution in [0.1, 0.15) is 17.0 Å². The summed E-state index contributed by atoms with van der Waals surface area (Å²) < 4.78 is 0. The molecule has 1 fully saturated rings. The lowest BCUT2D eigenvalue weighted by Gasteiger charge is -1.97. The molecule has 0 radical (unpaired) electrons. The molecule has 1 aliphatic carbocycles. The van der Waals surface area contributed by atoms with Crippen LogP contribution >= 0.6 is 0 Å². The van der Waals surface area contributed by atoms with E-state index in [4.69, 9.17) is 5.73 Å². The largest absolute Gasteiger partial charge is 0.345 e. The third-order valence-corrected chi connectivity index (χ3v) is 1.87. The highest BCUT2D eigenvalue weighted by Gasteiger charge is 2.35. The molecule has 0 aromatic carbocycles. The SMILES string of the molecule is Cn1nnc(C(=O)NC2CC2N)n1. The van der Waals surface area contributed by atoms with Crippen LogP contribution in [0.15, 0.2) is 0 Å². The molecule has 2 unspecified atom stereocenters. The summed E-state index contributed by atoms with van der Waals surface area (Å²) in [5, 5.41) is 13.6. The van der Waals surface area contributed by atoms with Gasteiger partial charge in [0.15, 0.2) is 0 Å². The summed E-state index contributed by atoms with van der Waals surface area (Å²) in [6.45, 7) is 0. The lowest BCUT2D eigenvalue weighted by Crippen LogP contribution is -2.30. The lowest BCUT2D eigenvalue weighted by atomic mass is 10.5. The normalized spacial score (nSPS) is 25.7. The minimum atomic E-state index is -0.314. The van der Waals surface area contributed by atoms with Gasteiger partial charge in [0.05, 0.1) is 7.05 Å². The van der Waals surface area contributed by atoms with E-state index in [9.17, 15) is 4.79 Å². The topological polar surface area (TPSA) is 98.7 Å². The van der Waals surface area contributed by atoms with Crippen molar-refractivity contribution in [3.05, 3.63) is 5.82 Å². The van der Waals surface area contributed by atoms with Crippen molar-refractivity contribution in [1.29, 1.82) is 0 Å². The Kier molecular flexibility index (Phi) is 1.73. The third kappa shape index (κ3) is 1.64. The summed E-state index contributed by atoms with van der Waals surface area (Å²) in [7, 11) is 1.60. The van der Waals surface area contributed by atoms with Crippen molar-refractivity contribution < 1.29 is 4.79 Å². The molecule has 7 heteroatoms. The standard InChI is InChI=1S/C6H10N6O/c1-12-10-5(9-11-12)6(13)8-4-2-3(4)7/h3-4H,2,7H2,1H3,(H,8,13). The van der Waals surface area contributed by atoms with Gasteiger partial charge in [-0.25, -0.2) is 0 Å². The molecule has 1 aliphatic rings. The number of amides is 1. The summed E-state index contributed by atoms with van der Waals surface area (Å²) in [6.07, 6.45) is 0.825. The van der Waals surface area contributed by atoms with Gasteiger partial charge in [-0.3, -0.25) is 4.79 Å². The predicted octanol–water partition coefficient (Wildman–Crippen LogP) is -1.96. The fourth-order valence-corrected chi connectivity index (χ4v) is 0.989. The predicted molar refractivity (Wildman–Crippen MR) is 42.6 cm³/mol. The monoisotopic (exact) mass is 182 g/mol. The van der Waals surface area contributed by atoms with E-state index in [1.54, 1.807) is 7.05 Å². The highest BCUT2D eigenvalue weighted by molar-refractivity contribution is 5.90. The molecule has 1 saturated carbocycles. The zero-order chi connectivity index (χ0) is 9.42. The maximum absolute atomic E-state index is 11.3. The highest BCUT2D eigenvalue weighted by atomic mass is 16.2. The first-order chi connectivity index (χ1) is 6.16. The smallest absolute Gasteiger partial charge is 0.293 e. The first kappa shape index (κ1) is 8.11. The summed E-state index contributed by atoms with van der Waals surface area (Å²) in [4.78, 5) is 12.5. The van der Waals surface area contributed by atoms with Crippen LogP contribution in [0, 0.1) is 0 Å². The number of carbonyl (C=O) groups excluding carboxylic acids is 1. The number of hydrogen-bond donors (Lipinski definition) is 2. The number of nitrogens with one attached hydrogen (secondary N) is 1. The average molecular weight is 182 g/mol. The minimum Gasteiger partial charge on any atom is -0.345 e. The van der Waals surface area contributed by atoms with E-state index in [2.05, 4.69) is 20.7 Å². The molecule has 70 valence electrons. The summed E-state index contributed by atoms with van der Waals surface area (Å²) >= 11 is 0. The Morgan fingerprint density at radius 1 is 1.77 bits per heavy atom. The summed E-state index contributed by atoms with van der Waals surface area (Å²) in [5.74, 6) is -0.229. The summed E-state index contributed by atoms with van der Waals surface area (Å²) in [6, 6.07) is 0.164. The van der Waals surface area contributed by atoms with Crippen molar-refractivity contribution in [3.8, 4) is 0 Å². The molecular weight excluding hydrogens is 172 g/mol. The second-order valence-corrected chi connectivity index (χ2v) is 3.08. The van der Waals surface area contributed by atoms with Crippen LogP contribution in [-0.2, 0) is 7.05 Å². The van der Waals surface area contributed by atoms with Crippen LogP contribution in [0.2, 0.25) is 0 Å². The van der Waals surface area contributed by atoms with Crippen LogP contribution in [0.4, 0.5) is 0 Å². The van der Waals surface area contributed by atoms with E-state index in [1.165, 1.54) is 4.80 Å². The van der Waals surface area contributed by atoms with Crippen LogP contribution in [0.3, 0.4) is 0 Å². The van der Waals surface area contributed by atoms with Crippen molar-refractivity contribution in [3.63, 3.8) is 0 Å². The Labute approximate surface area is 74.3 Å². The number of aryl methyl sites for hydroxylation is 1. The Balaban J connectivity index is 1.97. The molecule has 3 N–H and O–H groups in total. The van der Waals surface area contributed by atoms with Gasteiger partial charge in [-0.15, -0.1) is 10.2 Å². The third-order valence-electron chi connectivity index (χ3n) is 1.87. The molecule has 7 nitrogen and oxygen atoms in total. The molecule has 0 bridgehead atoms. The van der Waals surface area contributed by atoms with E-state index >= 15 is 0 Å². The summed E-state index contributed by atoms with van der Waals surface area (Å²) in [5.41, 5.74) is 5.52. The van der Waals surface area contributed by atoms with Gasteiger partial charge in [-0.1, -0.05) is 0 Å². The first-order valence-electron chi connectivity index (χ1n) is 3.97. The fraction of sp³-hybridized carbons (Fsp3) is 0.667. The van der Waals surface area contributed by atoms with Gasteiger partial charge in [-0.2, -0.15) is 4.80 Å². The fourth-order valence-electron chi connectivity index (χ4n) is 0.989. The Hall–Kier alpha value is -1.50. The molecule has 1 amide bonds. The number of aromatic nitrogens is 4. The van der Waals surface area contributed by atoms with Crippen LogP contribution < -0.4 is 11.1 Å². The molecule has 0 aliphatic heterocycles. The average Bonchev–Trinajstić information content (AvgIpc) is 2.62. The molecule has 1 aromatic rings. The Bertz CT molecular complexity index is 334. The van der Waals surface area contributed by atoms with Gasteiger partial charge in [-0.05, 0) is 11.6 Å². The molecule has 2 rings (SSSR count). The number of hydrogen-bond acceptors (Lipinski definition) is 5. The van der Waals surface area contributed by atoms with Crippen molar-refractivity contribution in [2.24, 2.45) is 12.8 Å². The quantitative estimate of drug-likeness (QED) is 0.553. The van der Waals surface area contributed by atoms with E-state index < -0.39 is 0 Å². The zero-order valence-corrected chi connectivity index (χ0v) is 7.14. The molecular formula is C6H10N6O. The van der Waals surface area contributed by atoms with Crippen molar-refractivity contribution >= 4 is 5.91 Å². The van der Waals surface area contributed by atoms with E-state index in [0.717, 1.165) is 6.42 Å². The minimum absolute atomic E-state index is 0.0799. The number of nitrogens with two attached hydrogens (primary N) is 1. The molecule has 13 heavy (non-hydrogen) atoms. The van der Waals surface area contributed by atoms with Crippen LogP contribution in [0.25, 0.3) is 0 Å². The van der Waals surface area contributed by atoms with Crippen molar-refractivity contribution in [2.75, 3.05) is 0 Å². The van der Waals surface area contributed by atoms with Gasteiger partial charge >= 0.3 is 0 Å². The van der Waals surface area contributed by atoms with Crippen LogP contribution in [0.5, 0.6) is 0 Å². The zero-order valence-electron chi connectivity index (χ0n) is 7.14. The molecule has 1 heterocycles. The van der Waals surface area contributed by atoms with E-state index in [0.29, 0.717) is 0 Å². The second kappa shape index (κ2) is 2.77. The number of nitrogens with zero attached hydrogens (tertiary/aromatic N) is 4. The van der Waals surface area contributed by atoms with Gasteiger partial charge < -0.3 is 11.1 Å². The van der Waals surface area contributed by atoms with E-state index in [1.807, 2.05) is 0 Å². The number of carbonyl (C=O) groups is 1. The second-order valence-electron chi connectivity index (χ2n) is 3.08. The maximum Gasteiger partial charge on any atom is 0.293 e. The number of rotatable bonds is 2. The lowest BCUT2D eigenvalue weighted by molar-refractivity contribution is 0.0939.